The number of aromatic hydroxyl groups is 1. The van der Waals surface area contributed by atoms with E-state index in [2.05, 4.69) is 0 Å². The van der Waals surface area contributed by atoms with E-state index in [1.165, 1.54) is 17.0 Å². The summed E-state index contributed by atoms with van der Waals surface area (Å²) < 4.78 is 5.56. The minimum atomic E-state index is -1.57. The fourth-order valence-electron chi connectivity index (χ4n) is 2.59. The summed E-state index contributed by atoms with van der Waals surface area (Å²) in [5.74, 6) is -2.36. The number of carbonyl (C=O) groups excluding carboxylic acids is 1. The van der Waals surface area contributed by atoms with E-state index in [-0.39, 0.29) is 37.1 Å². The van der Waals surface area contributed by atoms with Gasteiger partial charge in [-0.2, -0.15) is 0 Å². The molecule has 1 unspecified atom stereocenters. The van der Waals surface area contributed by atoms with Gasteiger partial charge in [-0.3, -0.25) is 4.79 Å². The predicted molar refractivity (Wildman–Crippen MR) is 89.8 cm³/mol. The molecule has 11 heteroatoms. The summed E-state index contributed by atoms with van der Waals surface area (Å²) in [5, 5.41) is 46.2. The summed E-state index contributed by atoms with van der Waals surface area (Å²) >= 11 is 0. The van der Waals surface area contributed by atoms with Crippen LogP contribution in [0.2, 0.25) is 6.32 Å². The van der Waals surface area contributed by atoms with Crippen molar-refractivity contribution < 1.29 is 39.7 Å². The summed E-state index contributed by atoms with van der Waals surface area (Å²) in [6, 6.07) is 1.82. The second-order valence-corrected chi connectivity index (χ2v) is 6.04. The lowest BCUT2D eigenvalue weighted by Crippen LogP contribution is -2.60. The van der Waals surface area contributed by atoms with Crippen molar-refractivity contribution >= 4 is 19.0 Å². The van der Waals surface area contributed by atoms with Crippen LogP contribution in [0.15, 0.2) is 12.1 Å². The molecule has 1 aliphatic heterocycles. The fraction of sp³-hybridized carbons (Fsp3) is 0.467. The molecule has 1 amide bonds. The Morgan fingerprint density at radius 3 is 2.54 bits per heavy atom. The molecule has 0 aromatic heterocycles. The number of likely N-dealkylation sites (tertiary alicyclic amines) is 1. The second-order valence-electron chi connectivity index (χ2n) is 6.04. The molecule has 0 saturated carbocycles. The van der Waals surface area contributed by atoms with E-state index in [1.54, 1.807) is 0 Å². The summed E-state index contributed by atoms with van der Waals surface area (Å²) in [7, 11) is -1.57. The van der Waals surface area contributed by atoms with E-state index >= 15 is 0 Å². The van der Waals surface area contributed by atoms with Gasteiger partial charge in [0.25, 0.3) is 0 Å². The number of rotatable bonds is 8. The minimum Gasteiger partial charge on any atom is -0.507 e. The molecular formula is C15H21BN2O8. The average Bonchev–Trinajstić information content (AvgIpc) is 2.54. The Labute approximate surface area is 149 Å². The van der Waals surface area contributed by atoms with Gasteiger partial charge in [-0.25, -0.2) is 4.79 Å². The number of carboxylic acid groups (broad SMARTS) is 1. The third kappa shape index (κ3) is 4.44. The first kappa shape index (κ1) is 20.0. The molecule has 1 aromatic rings. The molecule has 0 aliphatic carbocycles. The molecule has 7 N–H and O–H groups in total. The Bertz CT molecular complexity index is 678. The number of amides is 1. The summed E-state index contributed by atoms with van der Waals surface area (Å²) in [5.41, 5.74) is 5.27. The van der Waals surface area contributed by atoms with Crippen molar-refractivity contribution in [2.75, 3.05) is 19.7 Å². The number of hydrogen-bond donors (Lipinski definition) is 6. The number of carbonyl (C=O) groups is 2. The highest BCUT2D eigenvalue weighted by atomic mass is 16.5. The molecule has 142 valence electrons. The number of aliphatic hydroxyl groups is 1. The van der Waals surface area contributed by atoms with Gasteiger partial charge in [0.2, 0.25) is 5.91 Å². The highest BCUT2D eigenvalue weighted by Crippen LogP contribution is 2.33. The first-order valence-corrected chi connectivity index (χ1v) is 8.00. The van der Waals surface area contributed by atoms with E-state index in [0.29, 0.717) is 0 Å². The van der Waals surface area contributed by atoms with E-state index in [0.717, 1.165) is 0 Å². The third-order valence-corrected chi connectivity index (χ3v) is 4.08. The number of benzene rings is 1. The van der Waals surface area contributed by atoms with Gasteiger partial charge in [-0.15, -0.1) is 0 Å². The fourth-order valence-corrected chi connectivity index (χ4v) is 2.59. The highest BCUT2D eigenvalue weighted by molar-refractivity contribution is 6.41. The van der Waals surface area contributed by atoms with E-state index in [1.807, 2.05) is 0 Å². The van der Waals surface area contributed by atoms with Crippen LogP contribution in [0, 0.1) is 0 Å². The number of phenols is 1. The van der Waals surface area contributed by atoms with Crippen molar-refractivity contribution in [1.29, 1.82) is 0 Å². The maximum absolute atomic E-state index is 11.8. The molecule has 1 atom stereocenters. The van der Waals surface area contributed by atoms with E-state index in [4.69, 9.17) is 25.6 Å². The summed E-state index contributed by atoms with van der Waals surface area (Å²) in [6.45, 7) is -0.0997. The summed E-state index contributed by atoms with van der Waals surface area (Å²) in [6.07, 6.45) is -0.445. The van der Waals surface area contributed by atoms with Crippen LogP contribution in [0.3, 0.4) is 0 Å². The molecule has 0 spiro atoms. The lowest BCUT2D eigenvalue weighted by atomic mass is 9.82. The Kier molecular flexibility index (Phi) is 6.43. The van der Waals surface area contributed by atoms with Crippen molar-refractivity contribution in [1.82, 2.24) is 4.90 Å². The van der Waals surface area contributed by atoms with Crippen LogP contribution >= 0.6 is 0 Å². The zero-order valence-corrected chi connectivity index (χ0v) is 13.9. The van der Waals surface area contributed by atoms with E-state index in [9.17, 15) is 19.8 Å². The SMILES string of the molecule is NC(CO)C(=O)N1CC(Oc2ccc(CCB(O)O)c(O)c2C(=O)O)C1. The predicted octanol–water partition coefficient (Wildman–Crippen LogP) is -1.99. The Balaban J connectivity index is 2.07. The number of carboxylic acids is 1. The van der Waals surface area contributed by atoms with Crippen molar-refractivity contribution in [2.45, 2.75) is 24.9 Å². The van der Waals surface area contributed by atoms with Crippen molar-refractivity contribution in [3.63, 3.8) is 0 Å². The van der Waals surface area contributed by atoms with Crippen LogP contribution in [0.4, 0.5) is 0 Å². The van der Waals surface area contributed by atoms with E-state index < -0.39 is 49.1 Å². The molecule has 1 saturated heterocycles. The molecule has 0 bridgehead atoms. The first-order chi connectivity index (χ1) is 12.2. The standard InChI is InChI=1S/C15H21BN2O8/c17-10(7-19)14(21)18-5-9(6-18)26-11-2-1-8(3-4-16(24)25)13(20)12(11)15(22)23/h1-2,9-10,19-20,24-25H,3-7,17H2,(H,22,23). The van der Waals surface area contributed by atoms with Gasteiger partial charge in [0.1, 0.15) is 29.2 Å². The van der Waals surface area contributed by atoms with Gasteiger partial charge >= 0.3 is 13.1 Å². The lowest BCUT2D eigenvalue weighted by Gasteiger charge is -2.40. The number of aliphatic hydroxyl groups excluding tert-OH is 1. The van der Waals surface area contributed by atoms with Gasteiger partial charge in [0, 0.05) is 0 Å². The average molecular weight is 368 g/mol. The molecule has 1 aromatic carbocycles. The van der Waals surface area contributed by atoms with Crippen LogP contribution in [0.25, 0.3) is 0 Å². The van der Waals surface area contributed by atoms with Crippen LogP contribution in [0.1, 0.15) is 15.9 Å². The quantitative estimate of drug-likeness (QED) is 0.284. The number of aromatic carboxylic acids is 1. The molecule has 0 radical (unpaired) electrons. The number of ether oxygens (including phenoxy) is 1. The zero-order chi connectivity index (χ0) is 19.4. The van der Waals surface area contributed by atoms with Crippen molar-refractivity contribution in [3.05, 3.63) is 23.3 Å². The van der Waals surface area contributed by atoms with Crippen LogP contribution in [-0.4, -0.2) is 81.1 Å². The van der Waals surface area contributed by atoms with Crippen molar-refractivity contribution in [2.24, 2.45) is 5.73 Å². The molecule has 1 aliphatic rings. The Morgan fingerprint density at radius 1 is 1.35 bits per heavy atom. The molecule has 26 heavy (non-hydrogen) atoms. The number of hydrogen-bond acceptors (Lipinski definition) is 8. The Morgan fingerprint density at radius 2 is 2.00 bits per heavy atom. The third-order valence-electron chi connectivity index (χ3n) is 4.08. The lowest BCUT2D eigenvalue weighted by molar-refractivity contribution is -0.142. The maximum atomic E-state index is 11.8. The van der Waals surface area contributed by atoms with Gasteiger partial charge in [-0.05, 0) is 24.4 Å². The molecule has 1 heterocycles. The molecule has 10 nitrogen and oxygen atoms in total. The summed E-state index contributed by atoms with van der Waals surface area (Å²) in [4.78, 5) is 24.6. The smallest absolute Gasteiger partial charge is 0.451 e. The number of aryl methyl sites for hydroxylation is 1. The topological polar surface area (TPSA) is 174 Å². The Hall–Kier alpha value is -2.34. The number of nitrogens with zero attached hydrogens (tertiary/aromatic N) is 1. The van der Waals surface area contributed by atoms with Gasteiger partial charge in [0.15, 0.2) is 0 Å². The molecule has 1 fully saturated rings. The van der Waals surface area contributed by atoms with Gasteiger partial charge in [-0.1, -0.05) is 6.07 Å². The number of nitrogens with two attached hydrogens (primary N) is 1. The van der Waals surface area contributed by atoms with Gasteiger partial charge in [0.05, 0.1) is 19.7 Å². The largest absolute Gasteiger partial charge is 0.507 e. The van der Waals surface area contributed by atoms with Crippen molar-refractivity contribution in [3.8, 4) is 11.5 Å². The minimum absolute atomic E-state index is 0.0492. The van der Waals surface area contributed by atoms with Crippen LogP contribution < -0.4 is 10.5 Å². The normalized spacial score (nSPS) is 15.3. The van der Waals surface area contributed by atoms with Crippen LogP contribution in [0.5, 0.6) is 11.5 Å². The maximum Gasteiger partial charge on any atom is 0.451 e. The second kappa shape index (κ2) is 8.36. The first-order valence-electron chi connectivity index (χ1n) is 8.00. The monoisotopic (exact) mass is 368 g/mol. The highest BCUT2D eigenvalue weighted by Gasteiger charge is 2.35. The van der Waals surface area contributed by atoms with Crippen LogP contribution in [-0.2, 0) is 11.2 Å². The molecular weight excluding hydrogens is 347 g/mol. The zero-order valence-electron chi connectivity index (χ0n) is 13.9. The molecule has 2 rings (SSSR count). The van der Waals surface area contributed by atoms with Gasteiger partial charge < -0.3 is 40.7 Å².